The molecule has 0 bridgehead atoms. The summed E-state index contributed by atoms with van der Waals surface area (Å²) in [4.78, 5) is 50.8. The molecule has 2 aromatic carbocycles. The van der Waals surface area contributed by atoms with E-state index in [0.29, 0.717) is 25.7 Å². The van der Waals surface area contributed by atoms with Gasteiger partial charge in [-0.3, -0.25) is 0 Å². The van der Waals surface area contributed by atoms with Gasteiger partial charge in [0.1, 0.15) is 20.2 Å². The Labute approximate surface area is 824 Å². The van der Waals surface area contributed by atoms with Crippen LogP contribution in [0.5, 0.6) is 0 Å². The van der Waals surface area contributed by atoms with Gasteiger partial charge in [-0.25, -0.2) is 36.0 Å². The summed E-state index contributed by atoms with van der Waals surface area (Å²) in [7, 11) is -9.64. The van der Waals surface area contributed by atoms with Gasteiger partial charge in [-0.15, -0.1) is 0 Å². The van der Waals surface area contributed by atoms with E-state index < -0.39 is 53.9 Å². The Balaban J connectivity index is 0.00000252. The van der Waals surface area contributed by atoms with E-state index >= 15 is 0 Å². The summed E-state index contributed by atoms with van der Waals surface area (Å²) in [6.45, 7) is 9.74. The predicted molar refractivity (Wildman–Crippen MR) is 544 cm³/mol. The Morgan fingerprint density at radius 1 is 0.209 bits per heavy atom. The molecule has 0 atom stereocenters. The molecular formula is C112H194CaO14S2. The average molecular weight is 1870 g/mol. The molecule has 0 fully saturated rings. The van der Waals surface area contributed by atoms with Crippen molar-refractivity contribution in [3.8, 4) is 0 Å². The molecule has 0 aliphatic heterocycles. The van der Waals surface area contributed by atoms with Gasteiger partial charge in [-0.2, -0.15) is 0 Å². The van der Waals surface area contributed by atoms with Crippen LogP contribution in [0, 0.1) is 0 Å². The second-order valence-electron chi connectivity index (χ2n) is 37.1. The Morgan fingerprint density at radius 3 is 0.488 bits per heavy atom. The predicted octanol–water partition coefficient (Wildman–Crippen LogP) is 34.9. The summed E-state index contributed by atoms with van der Waals surface area (Å²) in [6.07, 6.45) is 119. The average Bonchev–Trinajstić information content (AvgIpc) is 0.812. The van der Waals surface area contributed by atoms with Gasteiger partial charge >= 0.3 is 61.6 Å². The van der Waals surface area contributed by atoms with Crippen LogP contribution in [0.15, 0.2) is 94.8 Å². The first-order chi connectivity index (χ1) is 62.6. The Kier molecular flexibility index (Phi) is 93.3. The van der Waals surface area contributed by atoms with Gasteiger partial charge in [0.15, 0.2) is 0 Å². The summed E-state index contributed by atoms with van der Waals surface area (Å²) < 4.78 is 92.1. The van der Waals surface area contributed by atoms with Gasteiger partial charge in [0.25, 0.3) is 0 Å². The van der Waals surface area contributed by atoms with Crippen LogP contribution in [0.1, 0.15) is 583 Å². The summed E-state index contributed by atoms with van der Waals surface area (Å²) in [6, 6.07) is 6.33. The Hall–Kier alpha value is -3.64. The molecule has 2 rings (SSSR count). The molecule has 0 N–H and O–H groups in total. The molecule has 0 aromatic heterocycles. The van der Waals surface area contributed by atoms with Crippen LogP contribution in [0.4, 0.5) is 0 Å². The van der Waals surface area contributed by atoms with Crippen LogP contribution in [-0.4, -0.2) is 114 Å². The number of unbranched alkanes of at least 4 members (excludes halogenated alkanes) is 72. The quantitative estimate of drug-likeness (QED) is 0.0150. The molecule has 0 amide bonds. The van der Waals surface area contributed by atoms with Crippen LogP contribution in [0.25, 0.3) is 0 Å². The van der Waals surface area contributed by atoms with Gasteiger partial charge in [0, 0.05) is 0 Å². The number of hydrogen-bond acceptors (Lipinski definition) is 14. The van der Waals surface area contributed by atoms with Crippen molar-refractivity contribution in [2.45, 2.75) is 551 Å². The fourth-order valence-electron chi connectivity index (χ4n) is 16.6. The monoisotopic (exact) mass is 1870 g/mol. The second-order valence-corrected chi connectivity index (χ2v) is 39.9. The third-order valence-corrected chi connectivity index (χ3v) is 26.7. The molecule has 129 heavy (non-hydrogen) atoms. The van der Waals surface area contributed by atoms with Gasteiger partial charge in [-0.1, -0.05) is 487 Å². The maximum Gasteiger partial charge on any atom is 2.00 e. The standard InChI is InChI=1S/2C56H98O7S.Ca/c2*1-3-5-7-9-11-13-15-17-19-21-23-25-27-29-31-33-35-37-39-41-43-45-49-62-55(57)53-48-47-52(64(59,60)61)51-54(53)56(58)63-50-46-44-42-40-38-36-34-32-30-28-26-24-22-20-18-16-14-12-10-8-6-4-2;/h2*9-12,47-48,51H,3-8,13-46,49-50H2,1-2H3,(H,59,60,61);/q;;+2/p-2/b2*11-9+,12-10+;. The molecule has 0 spiro atoms. The number of ether oxygens (including phenoxy) is 4. The zero-order valence-electron chi connectivity index (χ0n) is 83.7. The minimum atomic E-state index is -4.82. The summed E-state index contributed by atoms with van der Waals surface area (Å²) in [5, 5.41) is 0. The van der Waals surface area contributed by atoms with E-state index in [1.165, 1.54) is 436 Å². The number of allylic oxidation sites excluding steroid dienone is 8. The fourth-order valence-corrected chi connectivity index (χ4v) is 17.6. The summed E-state index contributed by atoms with van der Waals surface area (Å²) in [5.41, 5.74) is -0.654. The van der Waals surface area contributed by atoms with Crippen LogP contribution in [0.3, 0.4) is 0 Å². The van der Waals surface area contributed by atoms with Crippen molar-refractivity contribution in [2.75, 3.05) is 26.4 Å². The number of benzene rings is 2. The number of rotatable bonds is 94. The third-order valence-electron chi connectivity index (χ3n) is 25.0. The summed E-state index contributed by atoms with van der Waals surface area (Å²) in [5.74, 6) is -3.07. The van der Waals surface area contributed by atoms with E-state index in [-0.39, 0.29) is 86.4 Å². The van der Waals surface area contributed by atoms with Crippen molar-refractivity contribution >= 4 is 81.9 Å². The van der Waals surface area contributed by atoms with Gasteiger partial charge in [0.05, 0.1) is 58.5 Å². The van der Waals surface area contributed by atoms with E-state index in [0.717, 1.165) is 88.5 Å². The largest absolute Gasteiger partial charge is 2.00 e. The van der Waals surface area contributed by atoms with Crippen LogP contribution in [0.2, 0.25) is 0 Å². The smallest absolute Gasteiger partial charge is 0.744 e. The van der Waals surface area contributed by atoms with E-state index in [2.05, 4.69) is 76.3 Å². The molecule has 0 aliphatic rings. The number of carbonyl (C=O) groups is 4. The van der Waals surface area contributed by atoms with Crippen molar-refractivity contribution in [1.29, 1.82) is 0 Å². The van der Waals surface area contributed by atoms with Gasteiger partial charge in [-0.05, 0) is 139 Å². The van der Waals surface area contributed by atoms with E-state index in [1.54, 1.807) is 0 Å². The molecule has 0 heterocycles. The third kappa shape index (κ3) is 82.4. The maximum atomic E-state index is 13.0. The molecule has 14 nitrogen and oxygen atoms in total. The van der Waals surface area contributed by atoms with Gasteiger partial charge in [0.2, 0.25) is 0 Å². The molecule has 0 radical (unpaired) electrons. The molecule has 740 valence electrons. The first kappa shape index (κ1) is 125. The first-order valence-electron chi connectivity index (χ1n) is 54.1. The molecule has 17 heteroatoms. The SMILES string of the molecule is CCCC/C=C/CCCCCCCCCCCCCCCCCCOC(=O)c1ccc(S(=O)(=O)[O-])cc1C(=O)OCCCCCCCCCCCCCCCCCC/C=C/CCCC.CCCC/C=C/CCCCCCCCCCCCCCCCCCOC(=O)c1ccc(S(=O)(=O)[O-])cc1C(=O)OCCCCCCCCCCCCCCCCCC/C=C/CCCC.[Ca+2]. The zero-order chi connectivity index (χ0) is 92.9. The molecule has 0 saturated heterocycles. The van der Waals surface area contributed by atoms with E-state index in [1.807, 2.05) is 0 Å². The number of hydrogen-bond donors (Lipinski definition) is 0. The topological polar surface area (TPSA) is 220 Å². The fraction of sp³-hybridized carbons (Fsp3) is 0.786. The normalized spacial score (nSPS) is 11.8. The molecular weight excluding hydrogens is 1670 g/mol. The van der Waals surface area contributed by atoms with Crippen molar-refractivity contribution < 1.29 is 64.1 Å². The maximum absolute atomic E-state index is 13.0. The Bertz CT molecular complexity index is 3020. The van der Waals surface area contributed by atoms with Crippen molar-refractivity contribution in [3.05, 3.63) is 107 Å². The van der Waals surface area contributed by atoms with Crippen LogP contribution in [-0.2, 0) is 39.2 Å². The van der Waals surface area contributed by atoms with E-state index in [4.69, 9.17) is 18.9 Å². The number of esters is 4. The zero-order valence-corrected chi connectivity index (χ0v) is 87.6. The van der Waals surface area contributed by atoms with Crippen LogP contribution < -0.4 is 0 Å². The Morgan fingerprint density at radius 2 is 0.341 bits per heavy atom. The second kappa shape index (κ2) is 96.1. The minimum absolute atomic E-state index is 0. The number of carbonyl (C=O) groups excluding carboxylic acids is 4. The van der Waals surface area contributed by atoms with Crippen molar-refractivity contribution in [2.24, 2.45) is 0 Å². The molecule has 0 saturated carbocycles. The molecule has 0 unspecified atom stereocenters. The molecule has 2 aromatic rings. The summed E-state index contributed by atoms with van der Waals surface area (Å²) >= 11 is 0. The van der Waals surface area contributed by atoms with E-state index in [9.17, 15) is 45.1 Å². The van der Waals surface area contributed by atoms with Crippen molar-refractivity contribution in [3.63, 3.8) is 0 Å². The minimum Gasteiger partial charge on any atom is -0.744 e. The first-order valence-corrected chi connectivity index (χ1v) is 56.9. The molecule has 0 aliphatic carbocycles. The van der Waals surface area contributed by atoms with Crippen LogP contribution >= 0.6 is 0 Å². The van der Waals surface area contributed by atoms with Gasteiger partial charge < -0.3 is 28.1 Å². The van der Waals surface area contributed by atoms with Crippen molar-refractivity contribution in [1.82, 2.24) is 0 Å².